The fourth-order valence-corrected chi connectivity index (χ4v) is 3.06. The zero-order valence-electron chi connectivity index (χ0n) is 12.1. The van der Waals surface area contributed by atoms with Gasteiger partial charge in [0.2, 0.25) is 0 Å². The van der Waals surface area contributed by atoms with E-state index in [2.05, 4.69) is 30.8 Å². The van der Waals surface area contributed by atoms with Gasteiger partial charge in [-0.15, -0.1) is 0 Å². The Bertz CT molecular complexity index is 408. The summed E-state index contributed by atoms with van der Waals surface area (Å²) in [4.78, 5) is 2.55. The number of likely N-dealkylation sites (tertiary alicyclic amines) is 1. The van der Waals surface area contributed by atoms with Crippen LogP contribution in [0.25, 0.3) is 0 Å². The first-order valence-electron chi connectivity index (χ1n) is 6.99. The van der Waals surface area contributed by atoms with Crippen molar-refractivity contribution in [3.8, 4) is 0 Å². The molecule has 1 aromatic rings. The van der Waals surface area contributed by atoms with Crippen molar-refractivity contribution in [3.05, 3.63) is 17.0 Å². The van der Waals surface area contributed by atoms with E-state index >= 15 is 0 Å². The number of hydrogen-bond donors (Lipinski definition) is 1. The SMILES string of the molecule is Cc1nn(C)c(C)c1CN1CCCCC1C(C)N. The van der Waals surface area contributed by atoms with Crippen LogP contribution in [0.15, 0.2) is 0 Å². The number of hydrogen-bond acceptors (Lipinski definition) is 3. The molecule has 0 spiro atoms. The molecule has 0 radical (unpaired) electrons. The predicted octanol–water partition coefficient (Wildman–Crippen LogP) is 1.74. The number of nitrogens with zero attached hydrogens (tertiary/aromatic N) is 3. The molecule has 1 saturated heterocycles. The smallest absolute Gasteiger partial charge is 0.0641 e. The van der Waals surface area contributed by atoms with Crippen LogP contribution in [0, 0.1) is 13.8 Å². The summed E-state index contributed by atoms with van der Waals surface area (Å²) in [5.41, 5.74) is 9.95. The van der Waals surface area contributed by atoms with E-state index in [-0.39, 0.29) is 6.04 Å². The molecule has 2 N–H and O–H groups in total. The van der Waals surface area contributed by atoms with Crippen molar-refractivity contribution in [1.82, 2.24) is 14.7 Å². The minimum absolute atomic E-state index is 0.252. The van der Waals surface area contributed by atoms with Gasteiger partial charge in [-0.2, -0.15) is 5.10 Å². The Morgan fingerprint density at radius 1 is 1.39 bits per heavy atom. The fraction of sp³-hybridized carbons (Fsp3) is 0.786. The van der Waals surface area contributed by atoms with Crippen molar-refractivity contribution >= 4 is 0 Å². The van der Waals surface area contributed by atoms with Crippen LogP contribution in [-0.2, 0) is 13.6 Å². The van der Waals surface area contributed by atoms with Crippen molar-refractivity contribution in [2.75, 3.05) is 6.54 Å². The van der Waals surface area contributed by atoms with Crippen molar-refractivity contribution < 1.29 is 0 Å². The molecule has 0 aliphatic carbocycles. The lowest BCUT2D eigenvalue weighted by Gasteiger charge is -2.38. The Labute approximate surface area is 110 Å². The van der Waals surface area contributed by atoms with E-state index in [1.54, 1.807) is 0 Å². The molecule has 0 saturated carbocycles. The first-order valence-corrected chi connectivity index (χ1v) is 6.99. The minimum atomic E-state index is 0.252. The number of nitrogens with two attached hydrogens (primary N) is 1. The normalized spacial score (nSPS) is 23.3. The molecule has 2 rings (SSSR count). The van der Waals surface area contributed by atoms with E-state index in [9.17, 15) is 0 Å². The van der Waals surface area contributed by atoms with E-state index in [0.717, 1.165) is 12.2 Å². The minimum Gasteiger partial charge on any atom is -0.327 e. The van der Waals surface area contributed by atoms with Gasteiger partial charge in [0, 0.05) is 36.9 Å². The quantitative estimate of drug-likeness (QED) is 0.889. The highest BCUT2D eigenvalue weighted by molar-refractivity contribution is 5.24. The summed E-state index contributed by atoms with van der Waals surface area (Å²) in [6.07, 6.45) is 3.84. The number of rotatable bonds is 3. The second-order valence-electron chi connectivity index (χ2n) is 5.67. The lowest BCUT2D eigenvalue weighted by Crippen LogP contribution is -2.48. The van der Waals surface area contributed by atoms with Gasteiger partial charge in [-0.25, -0.2) is 0 Å². The van der Waals surface area contributed by atoms with Gasteiger partial charge >= 0.3 is 0 Å². The molecule has 2 heterocycles. The number of piperidine rings is 1. The first-order chi connectivity index (χ1) is 8.50. The maximum atomic E-state index is 6.13. The molecule has 1 aliphatic rings. The summed E-state index contributed by atoms with van der Waals surface area (Å²) in [7, 11) is 2.02. The van der Waals surface area contributed by atoms with Gasteiger partial charge in [0.05, 0.1) is 5.69 Å². The highest BCUT2D eigenvalue weighted by Gasteiger charge is 2.26. The average Bonchev–Trinajstić information content (AvgIpc) is 2.56. The largest absolute Gasteiger partial charge is 0.327 e. The van der Waals surface area contributed by atoms with Gasteiger partial charge in [0.1, 0.15) is 0 Å². The van der Waals surface area contributed by atoms with Crippen LogP contribution < -0.4 is 5.73 Å². The van der Waals surface area contributed by atoms with Gasteiger partial charge in [-0.3, -0.25) is 9.58 Å². The third kappa shape index (κ3) is 2.59. The molecule has 1 aromatic heterocycles. The summed E-state index contributed by atoms with van der Waals surface area (Å²) in [6, 6.07) is 0.778. The third-order valence-corrected chi connectivity index (χ3v) is 4.29. The zero-order chi connectivity index (χ0) is 13.3. The van der Waals surface area contributed by atoms with Crippen LogP contribution in [0.2, 0.25) is 0 Å². The predicted molar refractivity (Wildman–Crippen MR) is 74.4 cm³/mol. The van der Waals surface area contributed by atoms with E-state index in [1.807, 2.05) is 11.7 Å². The van der Waals surface area contributed by atoms with Crippen LogP contribution in [0.5, 0.6) is 0 Å². The van der Waals surface area contributed by atoms with E-state index in [0.29, 0.717) is 6.04 Å². The molecule has 102 valence electrons. The van der Waals surface area contributed by atoms with E-state index < -0.39 is 0 Å². The number of aryl methyl sites for hydroxylation is 2. The molecular formula is C14H26N4. The molecule has 0 bridgehead atoms. The van der Waals surface area contributed by atoms with Crippen molar-refractivity contribution in [1.29, 1.82) is 0 Å². The monoisotopic (exact) mass is 250 g/mol. The molecule has 18 heavy (non-hydrogen) atoms. The van der Waals surface area contributed by atoms with Crippen LogP contribution in [-0.4, -0.2) is 33.3 Å². The topological polar surface area (TPSA) is 47.1 Å². The van der Waals surface area contributed by atoms with Crippen LogP contribution >= 0.6 is 0 Å². The second-order valence-corrected chi connectivity index (χ2v) is 5.67. The Balaban J connectivity index is 2.16. The van der Waals surface area contributed by atoms with Gasteiger partial charge in [-0.05, 0) is 40.2 Å². The zero-order valence-corrected chi connectivity index (χ0v) is 12.1. The fourth-order valence-electron chi connectivity index (χ4n) is 3.06. The summed E-state index contributed by atoms with van der Waals surface area (Å²) >= 11 is 0. The molecule has 2 atom stereocenters. The molecule has 1 aliphatic heterocycles. The molecule has 4 nitrogen and oxygen atoms in total. The molecule has 4 heteroatoms. The lowest BCUT2D eigenvalue weighted by atomic mass is 9.96. The first kappa shape index (κ1) is 13.6. The van der Waals surface area contributed by atoms with Crippen LogP contribution in [0.4, 0.5) is 0 Å². The van der Waals surface area contributed by atoms with E-state index in [4.69, 9.17) is 5.73 Å². The Morgan fingerprint density at radius 3 is 2.67 bits per heavy atom. The van der Waals surface area contributed by atoms with Gasteiger partial charge < -0.3 is 5.73 Å². The molecular weight excluding hydrogens is 224 g/mol. The standard InChI is InChI=1S/C14H26N4/c1-10(15)14-7-5-6-8-18(14)9-13-11(2)16-17(4)12(13)3/h10,14H,5-9,15H2,1-4H3. The maximum absolute atomic E-state index is 6.13. The second kappa shape index (κ2) is 5.41. The van der Waals surface area contributed by atoms with Crippen molar-refractivity contribution in [3.63, 3.8) is 0 Å². The van der Waals surface area contributed by atoms with Gasteiger partial charge in [0.25, 0.3) is 0 Å². The molecule has 0 amide bonds. The Morgan fingerprint density at radius 2 is 2.11 bits per heavy atom. The summed E-state index contributed by atoms with van der Waals surface area (Å²) in [5.74, 6) is 0. The Kier molecular flexibility index (Phi) is 4.07. The number of aromatic nitrogens is 2. The van der Waals surface area contributed by atoms with Gasteiger partial charge in [0.15, 0.2) is 0 Å². The molecule has 0 aromatic carbocycles. The average molecular weight is 250 g/mol. The van der Waals surface area contributed by atoms with Gasteiger partial charge in [-0.1, -0.05) is 6.42 Å². The highest BCUT2D eigenvalue weighted by Crippen LogP contribution is 2.23. The highest BCUT2D eigenvalue weighted by atomic mass is 15.3. The lowest BCUT2D eigenvalue weighted by molar-refractivity contribution is 0.122. The molecule has 2 unspecified atom stereocenters. The van der Waals surface area contributed by atoms with E-state index in [1.165, 1.54) is 37.1 Å². The third-order valence-electron chi connectivity index (χ3n) is 4.29. The van der Waals surface area contributed by atoms with Crippen LogP contribution in [0.1, 0.15) is 43.1 Å². The van der Waals surface area contributed by atoms with Crippen molar-refractivity contribution in [2.45, 2.75) is 58.7 Å². The summed E-state index contributed by atoms with van der Waals surface area (Å²) in [5, 5.41) is 4.50. The maximum Gasteiger partial charge on any atom is 0.0641 e. The Hall–Kier alpha value is -0.870. The summed E-state index contributed by atoms with van der Waals surface area (Å²) in [6.45, 7) is 8.55. The van der Waals surface area contributed by atoms with Crippen molar-refractivity contribution in [2.24, 2.45) is 12.8 Å². The summed E-state index contributed by atoms with van der Waals surface area (Å²) < 4.78 is 1.98. The molecule has 1 fully saturated rings. The van der Waals surface area contributed by atoms with Crippen LogP contribution in [0.3, 0.4) is 0 Å².